The third-order valence-corrected chi connectivity index (χ3v) is 6.36. The van der Waals surface area contributed by atoms with E-state index in [-0.39, 0.29) is 5.56 Å². The molecule has 0 bridgehead atoms. The van der Waals surface area contributed by atoms with Crippen LogP contribution in [0.15, 0.2) is 58.1 Å². The Morgan fingerprint density at radius 3 is 2.70 bits per heavy atom. The Kier molecular flexibility index (Phi) is 5.41. The van der Waals surface area contributed by atoms with E-state index < -0.39 is 16.9 Å². The molecule has 7 nitrogen and oxygen atoms in total. The van der Waals surface area contributed by atoms with Gasteiger partial charge < -0.3 is 5.11 Å². The zero-order valence-electron chi connectivity index (χ0n) is 16.1. The van der Waals surface area contributed by atoms with E-state index in [2.05, 4.69) is 31.9 Å². The summed E-state index contributed by atoms with van der Waals surface area (Å²) in [6.45, 7) is 1.83. The fraction of sp³-hybridized carbons (Fsp3) is 0.273. The highest BCUT2D eigenvalue weighted by Gasteiger charge is 2.39. The number of nitrogens with zero attached hydrogens (tertiary/aromatic N) is 4. The largest absolute Gasteiger partial charge is 0.477 e. The number of carboxylic acids is 1. The van der Waals surface area contributed by atoms with E-state index in [1.54, 1.807) is 18.5 Å². The molecule has 0 radical (unpaired) electrons. The first-order chi connectivity index (χ1) is 14.4. The van der Waals surface area contributed by atoms with Crippen molar-refractivity contribution in [1.82, 2.24) is 14.3 Å². The van der Waals surface area contributed by atoms with E-state index in [4.69, 9.17) is 0 Å². The lowest BCUT2D eigenvalue weighted by molar-refractivity contribution is 0.0694. The number of fused-ring (bicyclic) bond motifs is 1. The summed E-state index contributed by atoms with van der Waals surface area (Å²) in [6.07, 6.45) is 4.53. The SMILES string of the molecule is N#CC1(c2ncccc2Br)CCN(Cc2cc(C(=O)O)c(=O)n3ccccc23)CC1. The highest BCUT2D eigenvalue weighted by Crippen LogP contribution is 2.37. The van der Waals surface area contributed by atoms with Crippen LogP contribution in [-0.2, 0) is 12.0 Å². The number of hydrogen-bond acceptors (Lipinski definition) is 5. The van der Waals surface area contributed by atoms with Gasteiger partial charge in [-0.1, -0.05) is 6.07 Å². The van der Waals surface area contributed by atoms with Crippen molar-refractivity contribution < 1.29 is 9.90 Å². The number of pyridine rings is 3. The van der Waals surface area contributed by atoms with Crippen LogP contribution in [0, 0.1) is 11.3 Å². The average molecular weight is 467 g/mol. The summed E-state index contributed by atoms with van der Waals surface area (Å²) >= 11 is 3.52. The first-order valence-corrected chi connectivity index (χ1v) is 10.4. The second-order valence-corrected chi connectivity index (χ2v) is 8.31. The molecule has 1 aliphatic heterocycles. The van der Waals surface area contributed by atoms with E-state index in [1.807, 2.05) is 24.3 Å². The van der Waals surface area contributed by atoms with Crippen LogP contribution in [0.2, 0.25) is 0 Å². The summed E-state index contributed by atoms with van der Waals surface area (Å²) in [4.78, 5) is 30.6. The van der Waals surface area contributed by atoms with Crippen molar-refractivity contribution in [3.05, 3.63) is 80.4 Å². The lowest BCUT2D eigenvalue weighted by atomic mass is 9.76. The smallest absolute Gasteiger partial charge is 0.341 e. The topological polar surface area (TPSA) is 98.7 Å². The standard InChI is InChI=1S/C22H19BrN4O3/c23-17-4-3-8-25-19(17)22(14-24)6-10-26(11-7-22)13-15-12-16(21(29)30)20(28)27-9-2-1-5-18(15)27/h1-5,8-9,12H,6-7,10-11,13H2,(H,29,30). The quantitative estimate of drug-likeness (QED) is 0.633. The van der Waals surface area contributed by atoms with Crippen molar-refractivity contribution >= 4 is 27.4 Å². The van der Waals surface area contributed by atoms with Crippen LogP contribution in [0.5, 0.6) is 0 Å². The summed E-state index contributed by atoms with van der Waals surface area (Å²) in [5, 5.41) is 19.4. The van der Waals surface area contributed by atoms with Crippen molar-refractivity contribution in [2.24, 2.45) is 0 Å². The Morgan fingerprint density at radius 1 is 1.27 bits per heavy atom. The van der Waals surface area contributed by atoms with Crippen molar-refractivity contribution in [3.63, 3.8) is 0 Å². The molecule has 0 unspecified atom stereocenters. The summed E-state index contributed by atoms with van der Waals surface area (Å²) < 4.78 is 2.22. The molecule has 0 aliphatic carbocycles. The molecule has 1 saturated heterocycles. The predicted octanol–water partition coefficient (Wildman–Crippen LogP) is 3.21. The first-order valence-electron chi connectivity index (χ1n) is 9.56. The van der Waals surface area contributed by atoms with Crippen LogP contribution in [0.25, 0.3) is 5.52 Å². The van der Waals surface area contributed by atoms with Gasteiger partial charge >= 0.3 is 5.97 Å². The highest BCUT2D eigenvalue weighted by molar-refractivity contribution is 9.10. The van der Waals surface area contributed by atoms with Crippen molar-refractivity contribution in [2.45, 2.75) is 24.8 Å². The molecule has 30 heavy (non-hydrogen) atoms. The van der Waals surface area contributed by atoms with E-state index in [1.165, 1.54) is 10.5 Å². The van der Waals surface area contributed by atoms with Gasteiger partial charge in [-0.2, -0.15) is 5.26 Å². The zero-order valence-corrected chi connectivity index (χ0v) is 17.7. The summed E-state index contributed by atoms with van der Waals surface area (Å²) in [6, 6.07) is 13.0. The maximum absolute atomic E-state index is 12.4. The maximum Gasteiger partial charge on any atom is 0.341 e. The van der Waals surface area contributed by atoms with Crippen LogP contribution in [-0.4, -0.2) is 38.4 Å². The highest BCUT2D eigenvalue weighted by atomic mass is 79.9. The molecular formula is C22H19BrN4O3. The Morgan fingerprint density at radius 2 is 2.03 bits per heavy atom. The number of hydrogen-bond donors (Lipinski definition) is 1. The minimum absolute atomic E-state index is 0.241. The number of aromatic carboxylic acids is 1. The zero-order chi connectivity index (χ0) is 21.3. The van der Waals surface area contributed by atoms with Crippen LogP contribution in [0.3, 0.4) is 0 Å². The number of nitriles is 1. The van der Waals surface area contributed by atoms with Gasteiger partial charge in [-0.3, -0.25) is 19.1 Å². The van der Waals surface area contributed by atoms with E-state index in [9.17, 15) is 20.0 Å². The summed E-state index contributed by atoms with van der Waals surface area (Å²) in [5.41, 5.74) is 0.794. The molecule has 4 rings (SSSR count). The molecule has 8 heteroatoms. The van der Waals surface area contributed by atoms with E-state index in [0.717, 1.165) is 15.7 Å². The van der Waals surface area contributed by atoms with Gasteiger partial charge in [0.15, 0.2) is 0 Å². The Balaban J connectivity index is 1.62. The molecule has 3 aromatic heterocycles. The molecule has 0 saturated carbocycles. The van der Waals surface area contributed by atoms with E-state index in [0.29, 0.717) is 38.0 Å². The van der Waals surface area contributed by atoms with Gasteiger partial charge in [-0.05, 0) is 64.7 Å². The normalized spacial score (nSPS) is 16.3. The van der Waals surface area contributed by atoms with Gasteiger partial charge in [0.2, 0.25) is 0 Å². The molecule has 152 valence electrons. The summed E-state index contributed by atoms with van der Waals surface area (Å²) in [5.74, 6) is -1.23. The number of likely N-dealkylation sites (tertiary alicyclic amines) is 1. The number of carboxylic acid groups (broad SMARTS) is 1. The van der Waals surface area contributed by atoms with Crippen molar-refractivity contribution in [1.29, 1.82) is 5.26 Å². The minimum atomic E-state index is -1.23. The molecule has 1 fully saturated rings. The molecule has 1 N–H and O–H groups in total. The number of aromatic nitrogens is 2. The molecule has 0 spiro atoms. The molecule has 0 aromatic carbocycles. The fourth-order valence-corrected chi connectivity index (χ4v) is 4.71. The summed E-state index contributed by atoms with van der Waals surface area (Å²) in [7, 11) is 0. The average Bonchev–Trinajstić information content (AvgIpc) is 2.76. The Hall–Kier alpha value is -3.02. The number of halogens is 1. The third-order valence-electron chi connectivity index (χ3n) is 5.72. The second kappa shape index (κ2) is 8.01. The predicted molar refractivity (Wildman–Crippen MR) is 114 cm³/mol. The van der Waals surface area contributed by atoms with Crippen LogP contribution >= 0.6 is 15.9 Å². The molecule has 3 aromatic rings. The van der Waals surface area contributed by atoms with E-state index >= 15 is 0 Å². The Labute approximate surface area is 181 Å². The van der Waals surface area contributed by atoms with Crippen molar-refractivity contribution in [3.8, 4) is 6.07 Å². The lowest BCUT2D eigenvalue weighted by Gasteiger charge is -2.37. The number of carbonyl (C=O) groups is 1. The molecular weight excluding hydrogens is 448 g/mol. The first kappa shape index (κ1) is 20.3. The van der Waals surface area contributed by atoms with Crippen LogP contribution in [0.1, 0.15) is 34.5 Å². The number of rotatable bonds is 4. The van der Waals surface area contributed by atoms with Gasteiger partial charge in [0.05, 0.1) is 17.3 Å². The van der Waals surface area contributed by atoms with Crippen LogP contribution < -0.4 is 5.56 Å². The molecule has 4 heterocycles. The van der Waals surface area contributed by atoms with Gasteiger partial charge in [0.1, 0.15) is 11.0 Å². The lowest BCUT2D eigenvalue weighted by Crippen LogP contribution is -2.42. The van der Waals surface area contributed by atoms with Crippen LogP contribution in [0.4, 0.5) is 0 Å². The third kappa shape index (κ3) is 3.51. The fourth-order valence-electron chi connectivity index (χ4n) is 4.07. The van der Waals surface area contributed by atoms with Crippen molar-refractivity contribution in [2.75, 3.05) is 13.1 Å². The maximum atomic E-state index is 12.4. The monoisotopic (exact) mass is 466 g/mol. The van der Waals surface area contributed by atoms with Gasteiger partial charge in [-0.25, -0.2) is 4.79 Å². The van der Waals surface area contributed by atoms with Gasteiger partial charge in [-0.15, -0.1) is 0 Å². The second-order valence-electron chi connectivity index (χ2n) is 7.45. The molecule has 0 amide bonds. The van der Waals surface area contributed by atoms with Gasteiger partial charge in [0.25, 0.3) is 5.56 Å². The minimum Gasteiger partial charge on any atom is -0.477 e. The molecule has 1 aliphatic rings. The van der Waals surface area contributed by atoms with Gasteiger partial charge in [0, 0.05) is 36.5 Å². The Bertz CT molecular complexity index is 1220. The number of piperidine rings is 1. The molecule has 0 atom stereocenters.